The van der Waals surface area contributed by atoms with Gasteiger partial charge < -0.3 is 4.57 Å². The van der Waals surface area contributed by atoms with E-state index in [4.69, 9.17) is 16.6 Å². The van der Waals surface area contributed by atoms with Crippen LogP contribution in [0.15, 0.2) is 96.2 Å². The number of imidazole rings is 1. The van der Waals surface area contributed by atoms with E-state index < -0.39 is 15.0 Å². The lowest BCUT2D eigenvalue weighted by Crippen LogP contribution is -2.69. The molecule has 1 aliphatic carbocycles. The normalized spacial score (nSPS) is 17.5. The third kappa shape index (κ3) is 4.02. The monoisotopic (exact) mass is 532 g/mol. The number of rotatable bonds is 7. The Morgan fingerprint density at radius 2 is 1.28 bits per heavy atom. The van der Waals surface area contributed by atoms with Crippen LogP contribution in [0.5, 0.6) is 0 Å². The van der Waals surface area contributed by atoms with Gasteiger partial charge in [0.05, 0.1) is 28.8 Å². The van der Waals surface area contributed by atoms with Crippen molar-refractivity contribution < 1.29 is 4.79 Å². The van der Waals surface area contributed by atoms with Crippen molar-refractivity contribution in [2.75, 3.05) is 0 Å². The van der Waals surface area contributed by atoms with Gasteiger partial charge in [0.25, 0.3) is 0 Å². The molecule has 3 aromatic carbocycles. The summed E-state index contributed by atoms with van der Waals surface area (Å²) >= 11 is 7.21. The molecule has 0 aliphatic heterocycles. The van der Waals surface area contributed by atoms with Crippen molar-refractivity contribution in [1.82, 2.24) is 9.55 Å². The molecule has 4 aromatic rings. The van der Waals surface area contributed by atoms with Crippen LogP contribution in [0.4, 0.5) is 0 Å². The average molecular weight is 533 g/mol. The smallest absolute Gasteiger partial charge is 0.180 e. The first-order valence-electron chi connectivity index (χ1n) is 12.0. The molecular weight excluding hydrogens is 504 g/mol. The number of carbonyl (C=O) groups is 1. The van der Waals surface area contributed by atoms with Crippen molar-refractivity contribution >= 4 is 39.0 Å². The number of carbonyl (C=O) groups excluding carboxylic acids is 1. The number of aromatic nitrogens is 2. The van der Waals surface area contributed by atoms with Crippen molar-refractivity contribution in [3.63, 3.8) is 0 Å². The molecule has 1 saturated carbocycles. The minimum atomic E-state index is -0.745. The second-order valence-corrected chi connectivity index (χ2v) is 13.3. The van der Waals surface area contributed by atoms with Crippen LogP contribution in [-0.4, -0.2) is 19.5 Å². The van der Waals surface area contributed by atoms with E-state index in [0.717, 1.165) is 27.7 Å². The lowest BCUT2D eigenvalue weighted by atomic mass is 9.54. The predicted octanol–water partition coefficient (Wildman–Crippen LogP) is 8.58. The largest absolute Gasteiger partial charge is 0.313 e. The van der Waals surface area contributed by atoms with E-state index >= 15 is 0 Å². The van der Waals surface area contributed by atoms with E-state index in [2.05, 4.69) is 65.2 Å². The Morgan fingerprint density at radius 3 is 1.83 bits per heavy atom. The number of hydrogen-bond acceptors (Lipinski definition) is 4. The Labute approximate surface area is 226 Å². The first kappa shape index (κ1) is 25.2. The number of ketones is 1. The molecule has 0 amide bonds. The predicted molar refractivity (Wildman–Crippen MR) is 153 cm³/mol. The van der Waals surface area contributed by atoms with Crippen LogP contribution in [0.3, 0.4) is 0 Å². The third-order valence-electron chi connectivity index (χ3n) is 7.18. The van der Waals surface area contributed by atoms with Crippen molar-refractivity contribution in [3.05, 3.63) is 96.6 Å². The van der Waals surface area contributed by atoms with Gasteiger partial charge in [-0.15, -0.1) is 11.6 Å². The Bertz CT molecular complexity index is 1360. The average Bonchev–Trinajstić information content (AvgIpc) is 3.26. The summed E-state index contributed by atoms with van der Waals surface area (Å²) in [6, 6.07) is 31.2. The quantitative estimate of drug-likeness (QED) is 0.176. The Kier molecular flexibility index (Phi) is 6.61. The van der Waals surface area contributed by atoms with Gasteiger partial charge in [0.15, 0.2) is 5.16 Å². The van der Waals surface area contributed by atoms with Gasteiger partial charge in [-0.1, -0.05) is 129 Å². The van der Waals surface area contributed by atoms with E-state index in [-0.39, 0.29) is 5.78 Å². The highest BCUT2D eigenvalue weighted by Crippen LogP contribution is 2.70. The molecule has 3 nitrogen and oxygen atoms in total. The van der Waals surface area contributed by atoms with Gasteiger partial charge in [0.2, 0.25) is 0 Å². The van der Waals surface area contributed by atoms with E-state index in [9.17, 15) is 4.79 Å². The number of benzene rings is 3. The number of Topliss-reactive ketones (excluding diaryl/α,β-unsaturated/α-hetero) is 1. The van der Waals surface area contributed by atoms with Crippen LogP contribution in [-0.2, 0) is 11.3 Å². The molecule has 1 fully saturated rings. The molecule has 0 bridgehead atoms. The minimum Gasteiger partial charge on any atom is -0.313 e. The van der Waals surface area contributed by atoms with Crippen molar-refractivity contribution in [2.24, 2.45) is 10.8 Å². The highest BCUT2D eigenvalue weighted by molar-refractivity contribution is 8.77. The maximum atomic E-state index is 12.8. The minimum absolute atomic E-state index is 0.195. The molecule has 184 valence electrons. The first-order valence-corrected chi connectivity index (χ1v) is 14.5. The number of hydrogen-bond donors (Lipinski definition) is 0. The maximum Gasteiger partial charge on any atom is 0.180 e. The van der Waals surface area contributed by atoms with Crippen LogP contribution < -0.4 is 0 Å². The van der Waals surface area contributed by atoms with Crippen LogP contribution in [0.25, 0.3) is 22.5 Å². The van der Waals surface area contributed by atoms with E-state index in [1.165, 1.54) is 5.56 Å². The second-order valence-electron chi connectivity index (χ2n) is 10.2. The summed E-state index contributed by atoms with van der Waals surface area (Å²) in [6.07, 6.45) is 0. The molecule has 36 heavy (non-hydrogen) atoms. The van der Waals surface area contributed by atoms with E-state index in [1.54, 1.807) is 21.6 Å². The first-order chi connectivity index (χ1) is 17.2. The maximum absolute atomic E-state index is 12.8. The number of halogens is 1. The van der Waals surface area contributed by atoms with Gasteiger partial charge in [-0.05, 0) is 16.4 Å². The fourth-order valence-corrected chi connectivity index (χ4v) is 9.01. The molecular formula is C30H29ClN2OS2. The summed E-state index contributed by atoms with van der Waals surface area (Å²) in [5.41, 5.74) is 4.12. The van der Waals surface area contributed by atoms with Gasteiger partial charge in [-0.25, -0.2) is 4.98 Å². The summed E-state index contributed by atoms with van der Waals surface area (Å²) in [7, 11) is 3.12. The Balaban J connectivity index is 1.64. The molecule has 0 saturated heterocycles. The van der Waals surface area contributed by atoms with Gasteiger partial charge in [-0.2, -0.15) is 0 Å². The lowest BCUT2D eigenvalue weighted by molar-refractivity contribution is -0.153. The molecule has 6 heteroatoms. The van der Waals surface area contributed by atoms with Crippen molar-refractivity contribution in [1.29, 1.82) is 0 Å². The van der Waals surface area contributed by atoms with Crippen molar-refractivity contribution in [3.8, 4) is 22.5 Å². The summed E-state index contributed by atoms with van der Waals surface area (Å²) in [5.74, 6) is 0.195. The zero-order valence-electron chi connectivity index (χ0n) is 20.9. The fourth-order valence-electron chi connectivity index (χ4n) is 5.19. The molecule has 5 rings (SSSR count). The van der Waals surface area contributed by atoms with E-state index in [1.807, 2.05) is 58.0 Å². The van der Waals surface area contributed by atoms with Crippen LogP contribution >= 0.6 is 33.2 Å². The van der Waals surface area contributed by atoms with Crippen LogP contribution in [0, 0.1) is 10.8 Å². The van der Waals surface area contributed by atoms with Crippen LogP contribution in [0.2, 0.25) is 0 Å². The van der Waals surface area contributed by atoms with E-state index in [0.29, 0.717) is 6.54 Å². The number of nitrogens with zero attached hydrogens (tertiary/aromatic N) is 2. The summed E-state index contributed by atoms with van der Waals surface area (Å²) in [6.45, 7) is 8.46. The summed E-state index contributed by atoms with van der Waals surface area (Å²) in [5, 5.41) is 0.868. The van der Waals surface area contributed by atoms with Crippen LogP contribution in [0.1, 0.15) is 33.3 Å². The van der Waals surface area contributed by atoms with Gasteiger partial charge in [0, 0.05) is 11.1 Å². The third-order valence-corrected chi connectivity index (χ3v) is 11.9. The molecule has 1 aliphatic rings. The topological polar surface area (TPSA) is 34.9 Å². The highest BCUT2D eigenvalue weighted by Gasteiger charge is 2.72. The zero-order chi connectivity index (χ0) is 25.6. The Morgan fingerprint density at radius 1 is 0.778 bits per heavy atom. The molecule has 0 radical (unpaired) electrons. The second kappa shape index (κ2) is 9.44. The summed E-state index contributed by atoms with van der Waals surface area (Å²) < 4.78 is 1.54. The lowest BCUT2D eigenvalue weighted by Gasteiger charge is -2.60. The molecule has 1 aromatic heterocycles. The highest BCUT2D eigenvalue weighted by atomic mass is 35.5. The van der Waals surface area contributed by atoms with Gasteiger partial charge >= 0.3 is 0 Å². The molecule has 0 atom stereocenters. The zero-order valence-corrected chi connectivity index (χ0v) is 23.3. The molecule has 1 heterocycles. The summed E-state index contributed by atoms with van der Waals surface area (Å²) in [4.78, 5) is 18.0. The molecule has 0 unspecified atom stereocenters. The SMILES string of the molecule is CC1(C)C(=O)C(C)(C)C1(Cl)SSc1nc(-c2ccccc2)c(-c2ccccc2)n1Cc1ccccc1. The van der Waals surface area contributed by atoms with Gasteiger partial charge in [0.1, 0.15) is 9.99 Å². The molecule has 0 spiro atoms. The van der Waals surface area contributed by atoms with Gasteiger partial charge in [-0.3, -0.25) is 4.79 Å². The fraction of sp³-hybridized carbons (Fsp3) is 0.267. The van der Waals surface area contributed by atoms with Crippen molar-refractivity contribution in [2.45, 2.75) is 43.6 Å². The molecule has 0 N–H and O–H groups in total. The standard InChI is InChI=1S/C30H29ClN2OS2/c1-28(2)26(34)29(3,4)30(28,31)36-35-27-32-24(22-16-10-6-11-17-22)25(23-18-12-7-13-19-23)33(27)20-21-14-8-5-9-15-21/h5-19H,20H2,1-4H3. The Hall–Kier alpha value is -2.47. The number of alkyl halides is 1.